The van der Waals surface area contributed by atoms with E-state index in [4.69, 9.17) is 22.3 Å². The zero-order chi connectivity index (χ0) is 20.4. The molecule has 26 heavy (non-hydrogen) atoms. The van der Waals surface area contributed by atoms with Crippen LogP contribution in [0.5, 0.6) is 0 Å². The molecule has 12 heteroatoms. The fraction of sp³-hybridized carbons (Fsp3) is 0.643. The molecule has 0 heterocycles. The van der Waals surface area contributed by atoms with Gasteiger partial charge in [-0.25, -0.2) is 4.79 Å². The molecule has 0 aromatic heterocycles. The Morgan fingerprint density at radius 1 is 0.885 bits per heavy atom. The third-order valence-electron chi connectivity index (χ3n) is 3.43. The second kappa shape index (κ2) is 11.0. The smallest absolute Gasteiger partial charge is 0.326 e. The van der Waals surface area contributed by atoms with Gasteiger partial charge in [0.1, 0.15) is 18.1 Å². The minimum absolute atomic E-state index is 0.207. The van der Waals surface area contributed by atoms with E-state index in [0.717, 1.165) is 0 Å². The summed E-state index contributed by atoms with van der Waals surface area (Å²) < 4.78 is 0. The molecular weight excluding hydrogens is 350 g/mol. The summed E-state index contributed by atoms with van der Waals surface area (Å²) >= 11 is 0. The molecule has 0 aromatic carbocycles. The number of carbonyl (C=O) groups excluding carboxylic acids is 4. The van der Waals surface area contributed by atoms with Crippen molar-refractivity contribution in [2.45, 2.75) is 56.8 Å². The van der Waals surface area contributed by atoms with Crippen molar-refractivity contribution >= 4 is 29.6 Å². The number of carboxylic acids is 1. The molecule has 0 aliphatic carbocycles. The summed E-state index contributed by atoms with van der Waals surface area (Å²) in [5.74, 6) is -4.66. The summed E-state index contributed by atoms with van der Waals surface area (Å²) in [5, 5.41) is 22.8. The monoisotopic (exact) mass is 375 g/mol. The first-order valence-corrected chi connectivity index (χ1v) is 7.79. The molecule has 0 bridgehead atoms. The Bertz CT molecular complexity index is 552. The van der Waals surface area contributed by atoms with E-state index in [9.17, 15) is 29.1 Å². The maximum absolute atomic E-state index is 12.3. The van der Waals surface area contributed by atoms with E-state index in [1.165, 1.54) is 6.92 Å². The number of aliphatic hydroxyl groups is 1. The number of primary amides is 2. The number of nitrogens with one attached hydrogen (secondary N) is 2. The van der Waals surface area contributed by atoms with Crippen LogP contribution in [0.1, 0.15) is 32.6 Å². The summed E-state index contributed by atoms with van der Waals surface area (Å²) in [6.45, 7) is 1.27. The van der Waals surface area contributed by atoms with E-state index < -0.39 is 53.8 Å². The molecule has 4 unspecified atom stereocenters. The SMILES string of the molecule is CC(O)C(N)C(=O)NC(CCC(N)=O)C(=O)NC(CCC(N)=O)C(=O)O. The number of amides is 4. The third kappa shape index (κ3) is 8.94. The lowest BCUT2D eigenvalue weighted by Crippen LogP contribution is -2.56. The first kappa shape index (κ1) is 23.3. The standard InChI is InChI=1S/C14H25N5O7/c1-6(20)11(17)13(24)18-7(2-4-9(15)21)12(23)19-8(14(25)26)3-5-10(16)22/h6-8,11,20H,2-5,17H2,1H3,(H2,15,21)(H2,16,22)(H,18,24)(H,19,23)(H,25,26). The van der Waals surface area contributed by atoms with E-state index >= 15 is 0 Å². The second-order valence-electron chi connectivity index (χ2n) is 5.74. The molecule has 4 atom stereocenters. The van der Waals surface area contributed by atoms with Crippen molar-refractivity contribution in [3.8, 4) is 0 Å². The minimum Gasteiger partial charge on any atom is -0.480 e. The summed E-state index contributed by atoms with van der Waals surface area (Å²) in [4.78, 5) is 57.1. The Morgan fingerprint density at radius 3 is 1.69 bits per heavy atom. The second-order valence-corrected chi connectivity index (χ2v) is 5.74. The zero-order valence-corrected chi connectivity index (χ0v) is 14.3. The van der Waals surface area contributed by atoms with Gasteiger partial charge in [-0.3, -0.25) is 19.2 Å². The van der Waals surface area contributed by atoms with Gasteiger partial charge in [-0.1, -0.05) is 0 Å². The lowest BCUT2D eigenvalue weighted by atomic mass is 10.1. The maximum Gasteiger partial charge on any atom is 0.326 e. The highest BCUT2D eigenvalue weighted by Gasteiger charge is 2.29. The van der Waals surface area contributed by atoms with Crippen LogP contribution in [0.3, 0.4) is 0 Å². The normalized spacial score (nSPS) is 15.2. The summed E-state index contributed by atoms with van der Waals surface area (Å²) in [6, 6.07) is -4.06. The van der Waals surface area contributed by atoms with Crippen LogP contribution in [0.15, 0.2) is 0 Å². The average Bonchev–Trinajstić information content (AvgIpc) is 2.53. The van der Waals surface area contributed by atoms with Crippen LogP contribution in [0, 0.1) is 0 Å². The predicted octanol–water partition coefficient (Wildman–Crippen LogP) is -3.72. The van der Waals surface area contributed by atoms with E-state index in [1.54, 1.807) is 0 Å². The molecule has 0 rings (SSSR count). The average molecular weight is 375 g/mol. The van der Waals surface area contributed by atoms with E-state index in [-0.39, 0.29) is 25.7 Å². The van der Waals surface area contributed by atoms with Crippen molar-refractivity contribution in [2.24, 2.45) is 17.2 Å². The quantitative estimate of drug-likeness (QED) is 0.179. The van der Waals surface area contributed by atoms with Crippen molar-refractivity contribution in [3.63, 3.8) is 0 Å². The Hall–Kier alpha value is -2.73. The van der Waals surface area contributed by atoms with Gasteiger partial charge >= 0.3 is 5.97 Å². The van der Waals surface area contributed by atoms with Crippen molar-refractivity contribution < 1.29 is 34.2 Å². The number of hydrogen-bond donors (Lipinski definition) is 7. The molecule has 0 spiro atoms. The van der Waals surface area contributed by atoms with Crippen molar-refractivity contribution in [2.75, 3.05) is 0 Å². The summed E-state index contributed by atoms with van der Waals surface area (Å²) in [6.07, 6.45) is -2.19. The van der Waals surface area contributed by atoms with Gasteiger partial charge < -0.3 is 38.0 Å². The van der Waals surface area contributed by atoms with Crippen LogP contribution in [-0.2, 0) is 24.0 Å². The number of carbonyl (C=O) groups is 5. The molecule has 0 radical (unpaired) electrons. The highest BCUT2D eigenvalue weighted by atomic mass is 16.4. The van der Waals surface area contributed by atoms with Crippen molar-refractivity contribution in [1.82, 2.24) is 10.6 Å². The van der Waals surface area contributed by atoms with Crippen molar-refractivity contribution in [1.29, 1.82) is 0 Å². The predicted molar refractivity (Wildman–Crippen MR) is 88.0 cm³/mol. The third-order valence-corrected chi connectivity index (χ3v) is 3.43. The van der Waals surface area contributed by atoms with Gasteiger partial charge in [0.2, 0.25) is 23.6 Å². The fourth-order valence-electron chi connectivity index (χ4n) is 1.86. The highest BCUT2D eigenvalue weighted by Crippen LogP contribution is 2.03. The lowest BCUT2D eigenvalue weighted by molar-refractivity contribution is -0.142. The number of rotatable bonds is 12. The van der Waals surface area contributed by atoms with E-state index in [0.29, 0.717) is 0 Å². The van der Waals surface area contributed by atoms with Crippen LogP contribution >= 0.6 is 0 Å². The van der Waals surface area contributed by atoms with E-state index in [1.807, 2.05) is 0 Å². The number of aliphatic carboxylic acids is 1. The Labute approximate surface area is 149 Å². The van der Waals surface area contributed by atoms with Crippen LogP contribution in [0.4, 0.5) is 0 Å². The number of nitrogens with two attached hydrogens (primary N) is 3. The zero-order valence-electron chi connectivity index (χ0n) is 14.3. The van der Waals surface area contributed by atoms with Crippen LogP contribution in [-0.4, -0.2) is 64.0 Å². The topological polar surface area (TPSA) is 228 Å². The largest absolute Gasteiger partial charge is 0.480 e. The minimum atomic E-state index is -1.42. The van der Waals surface area contributed by atoms with Gasteiger partial charge in [0.15, 0.2) is 0 Å². The first-order valence-electron chi connectivity index (χ1n) is 7.79. The highest BCUT2D eigenvalue weighted by molar-refractivity contribution is 5.92. The van der Waals surface area contributed by atoms with Crippen LogP contribution < -0.4 is 27.8 Å². The molecule has 0 saturated carbocycles. The maximum atomic E-state index is 12.3. The molecule has 0 saturated heterocycles. The molecule has 12 nitrogen and oxygen atoms in total. The Balaban J connectivity index is 5.11. The molecule has 148 valence electrons. The van der Waals surface area contributed by atoms with Gasteiger partial charge in [-0.05, 0) is 19.8 Å². The molecule has 0 fully saturated rings. The number of carboxylic acid groups (broad SMARTS) is 1. The lowest BCUT2D eigenvalue weighted by Gasteiger charge is -2.23. The fourth-order valence-corrected chi connectivity index (χ4v) is 1.86. The van der Waals surface area contributed by atoms with Gasteiger partial charge in [0.25, 0.3) is 0 Å². The molecule has 0 aliphatic rings. The Morgan fingerprint density at radius 2 is 1.31 bits per heavy atom. The number of aliphatic hydroxyl groups excluding tert-OH is 1. The summed E-state index contributed by atoms with van der Waals surface area (Å²) in [5.41, 5.74) is 15.4. The molecule has 0 aromatic rings. The van der Waals surface area contributed by atoms with Gasteiger partial charge in [0.05, 0.1) is 6.10 Å². The molecular formula is C14H25N5O7. The Kier molecular flexibility index (Phi) is 9.84. The molecule has 10 N–H and O–H groups in total. The van der Waals surface area contributed by atoms with Crippen LogP contribution in [0.2, 0.25) is 0 Å². The van der Waals surface area contributed by atoms with Crippen LogP contribution in [0.25, 0.3) is 0 Å². The number of hydrogen-bond acceptors (Lipinski definition) is 7. The van der Waals surface area contributed by atoms with Gasteiger partial charge in [0, 0.05) is 12.8 Å². The first-order chi connectivity index (χ1) is 12.0. The summed E-state index contributed by atoms with van der Waals surface area (Å²) in [7, 11) is 0. The molecule has 4 amide bonds. The van der Waals surface area contributed by atoms with Gasteiger partial charge in [-0.2, -0.15) is 0 Å². The molecule has 0 aliphatic heterocycles. The van der Waals surface area contributed by atoms with E-state index in [2.05, 4.69) is 10.6 Å². The van der Waals surface area contributed by atoms with Crippen molar-refractivity contribution in [3.05, 3.63) is 0 Å². The van der Waals surface area contributed by atoms with Gasteiger partial charge in [-0.15, -0.1) is 0 Å².